The molecule has 4 heteroatoms. The minimum atomic E-state index is -0.350. The number of ketones is 1. The summed E-state index contributed by atoms with van der Waals surface area (Å²) in [5.74, 6) is 0.275. The van der Waals surface area contributed by atoms with E-state index in [2.05, 4.69) is 6.07 Å². The number of nitriles is 1. The molecule has 1 aromatic carbocycles. The lowest BCUT2D eigenvalue weighted by atomic mass is 10.0. The molecular formula is C13H13ClN2O. The maximum atomic E-state index is 11.2. The number of Topliss-reactive ketones (excluding diaryl/α,β-unsaturated/α-hetero) is 1. The number of hydrogen-bond donors (Lipinski definition) is 0. The number of piperidine rings is 1. The van der Waals surface area contributed by atoms with Crippen LogP contribution in [0.4, 0.5) is 0 Å². The highest BCUT2D eigenvalue weighted by Gasteiger charge is 2.25. The lowest BCUT2D eigenvalue weighted by molar-refractivity contribution is -0.121. The van der Waals surface area contributed by atoms with Crippen molar-refractivity contribution in [3.8, 4) is 6.07 Å². The minimum absolute atomic E-state index is 0.275. The smallest absolute Gasteiger partial charge is 0.135 e. The van der Waals surface area contributed by atoms with Crippen molar-refractivity contribution in [1.82, 2.24) is 4.90 Å². The number of rotatable bonds is 2. The largest absolute Gasteiger partial charge is 0.300 e. The van der Waals surface area contributed by atoms with Crippen LogP contribution in [0.15, 0.2) is 24.3 Å². The van der Waals surface area contributed by atoms with E-state index in [1.54, 1.807) is 6.07 Å². The number of hydrogen-bond acceptors (Lipinski definition) is 3. The van der Waals surface area contributed by atoms with E-state index in [-0.39, 0.29) is 11.8 Å². The summed E-state index contributed by atoms with van der Waals surface area (Å²) < 4.78 is 0. The number of benzene rings is 1. The van der Waals surface area contributed by atoms with Crippen LogP contribution in [0.25, 0.3) is 0 Å². The van der Waals surface area contributed by atoms with Gasteiger partial charge >= 0.3 is 0 Å². The van der Waals surface area contributed by atoms with Gasteiger partial charge < -0.3 is 0 Å². The van der Waals surface area contributed by atoms with Crippen molar-refractivity contribution in [2.75, 3.05) is 13.1 Å². The highest BCUT2D eigenvalue weighted by Crippen LogP contribution is 2.28. The summed E-state index contributed by atoms with van der Waals surface area (Å²) >= 11 is 6.10. The van der Waals surface area contributed by atoms with Crippen molar-refractivity contribution in [2.45, 2.75) is 18.9 Å². The Morgan fingerprint density at radius 1 is 1.29 bits per heavy atom. The van der Waals surface area contributed by atoms with Crippen molar-refractivity contribution in [3.63, 3.8) is 0 Å². The van der Waals surface area contributed by atoms with Gasteiger partial charge in [0.25, 0.3) is 0 Å². The summed E-state index contributed by atoms with van der Waals surface area (Å²) in [7, 11) is 0. The molecule has 1 aliphatic heterocycles. The fourth-order valence-corrected chi connectivity index (χ4v) is 2.32. The molecule has 0 bridgehead atoms. The maximum Gasteiger partial charge on any atom is 0.135 e. The minimum Gasteiger partial charge on any atom is -0.300 e. The van der Waals surface area contributed by atoms with E-state index in [0.29, 0.717) is 31.0 Å². The van der Waals surface area contributed by atoms with Crippen LogP contribution in [-0.2, 0) is 4.79 Å². The highest BCUT2D eigenvalue weighted by atomic mass is 35.5. The second-order valence-electron chi connectivity index (χ2n) is 4.13. The summed E-state index contributed by atoms with van der Waals surface area (Å²) in [5, 5.41) is 9.89. The molecule has 1 aliphatic rings. The monoisotopic (exact) mass is 248 g/mol. The third-order valence-corrected chi connectivity index (χ3v) is 3.39. The van der Waals surface area contributed by atoms with Gasteiger partial charge in [0.05, 0.1) is 6.07 Å². The van der Waals surface area contributed by atoms with Crippen LogP contribution in [0.5, 0.6) is 0 Å². The van der Waals surface area contributed by atoms with Gasteiger partial charge in [-0.1, -0.05) is 29.8 Å². The molecule has 0 N–H and O–H groups in total. The van der Waals surface area contributed by atoms with Crippen LogP contribution >= 0.6 is 11.6 Å². The van der Waals surface area contributed by atoms with Crippen molar-refractivity contribution < 1.29 is 4.79 Å². The Morgan fingerprint density at radius 3 is 2.53 bits per heavy atom. The molecule has 1 heterocycles. The van der Waals surface area contributed by atoms with Gasteiger partial charge in [0.15, 0.2) is 0 Å². The van der Waals surface area contributed by atoms with E-state index in [4.69, 9.17) is 11.6 Å². The summed E-state index contributed by atoms with van der Waals surface area (Å²) in [6.07, 6.45) is 1.06. The molecule has 0 aliphatic carbocycles. The summed E-state index contributed by atoms with van der Waals surface area (Å²) in [6, 6.07) is 9.30. The first-order valence-corrected chi connectivity index (χ1v) is 6.00. The Labute approximate surface area is 106 Å². The fourth-order valence-electron chi connectivity index (χ4n) is 2.08. The van der Waals surface area contributed by atoms with Crippen LogP contribution < -0.4 is 0 Å². The molecule has 0 radical (unpaired) electrons. The van der Waals surface area contributed by atoms with Crippen LogP contribution in [0, 0.1) is 11.3 Å². The second-order valence-corrected chi connectivity index (χ2v) is 4.53. The van der Waals surface area contributed by atoms with Crippen LogP contribution in [0.2, 0.25) is 5.02 Å². The molecule has 0 saturated carbocycles. The first kappa shape index (κ1) is 12.1. The zero-order valence-corrected chi connectivity index (χ0v) is 10.2. The lowest BCUT2D eigenvalue weighted by Gasteiger charge is -2.30. The predicted octanol–water partition coefficient (Wildman–Crippen LogP) is 2.57. The van der Waals surface area contributed by atoms with Gasteiger partial charge in [0.2, 0.25) is 0 Å². The molecule has 1 fully saturated rings. The third-order valence-electron chi connectivity index (χ3n) is 3.04. The molecule has 0 amide bonds. The average Bonchev–Trinajstić information content (AvgIpc) is 2.35. The Bertz CT molecular complexity index is 457. The van der Waals surface area contributed by atoms with Gasteiger partial charge in [0, 0.05) is 36.5 Å². The second kappa shape index (κ2) is 5.31. The van der Waals surface area contributed by atoms with Crippen LogP contribution in [0.1, 0.15) is 24.4 Å². The van der Waals surface area contributed by atoms with Crippen molar-refractivity contribution in [3.05, 3.63) is 34.9 Å². The quantitative estimate of drug-likeness (QED) is 0.808. The van der Waals surface area contributed by atoms with E-state index >= 15 is 0 Å². The Morgan fingerprint density at radius 2 is 1.94 bits per heavy atom. The first-order chi connectivity index (χ1) is 8.22. The summed E-state index contributed by atoms with van der Waals surface area (Å²) in [4.78, 5) is 13.2. The van der Waals surface area contributed by atoms with Gasteiger partial charge in [-0.05, 0) is 6.07 Å². The molecule has 1 aromatic rings. The molecule has 1 saturated heterocycles. The molecule has 88 valence electrons. The highest BCUT2D eigenvalue weighted by molar-refractivity contribution is 6.31. The van der Waals surface area contributed by atoms with Gasteiger partial charge in [-0.15, -0.1) is 0 Å². The number of carbonyl (C=O) groups excluding carboxylic acids is 1. The molecular weight excluding hydrogens is 236 g/mol. The standard InChI is InChI=1S/C13H13ClN2O/c14-12-4-2-1-3-11(12)13(9-15)16-7-5-10(17)6-8-16/h1-4,13H,5-8H2. The number of nitrogens with zero attached hydrogens (tertiary/aromatic N) is 2. The number of halogens is 1. The van der Waals surface area contributed by atoms with E-state index in [1.807, 2.05) is 23.1 Å². The van der Waals surface area contributed by atoms with E-state index in [9.17, 15) is 10.1 Å². The topological polar surface area (TPSA) is 44.1 Å². The lowest BCUT2D eigenvalue weighted by Crippen LogP contribution is -2.36. The normalized spacial score (nSPS) is 18.7. The zero-order chi connectivity index (χ0) is 12.3. The first-order valence-electron chi connectivity index (χ1n) is 5.62. The summed E-state index contributed by atoms with van der Waals surface area (Å²) in [6.45, 7) is 1.28. The Kier molecular flexibility index (Phi) is 3.78. The molecule has 0 spiro atoms. The molecule has 0 aromatic heterocycles. The molecule has 1 atom stereocenters. The third kappa shape index (κ3) is 2.66. The van der Waals surface area contributed by atoms with Gasteiger partial charge in [0.1, 0.15) is 11.8 Å². The van der Waals surface area contributed by atoms with E-state index in [0.717, 1.165) is 5.56 Å². The molecule has 3 nitrogen and oxygen atoms in total. The van der Waals surface area contributed by atoms with E-state index in [1.165, 1.54) is 0 Å². The number of likely N-dealkylation sites (tertiary alicyclic amines) is 1. The molecule has 1 unspecified atom stereocenters. The predicted molar refractivity (Wildman–Crippen MR) is 65.6 cm³/mol. The zero-order valence-electron chi connectivity index (χ0n) is 9.40. The Balaban J connectivity index is 2.20. The van der Waals surface area contributed by atoms with Crippen molar-refractivity contribution in [2.24, 2.45) is 0 Å². The molecule has 2 rings (SSSR count). The number of carbonyl (C=O) groups is 1. The van der Waals surface area contributed by atoms with Gasteiger partial charge in [-0.2, -0.15) is 5.26 Å². The van der Waals surface area contributed by atoms with Gasteiger partial charge in [-0.3, -0.25) is 9.69 Å². The van der Waals surface area contributed by atoms with Crippen LogP contribution in [-0.4, -0.2) is 23.8 Å². The van der Waals surface area contributed by atoms with Crippen molar-refractivity contribution in [1.29, 1.82) is 5.26 Å². The van der Waals surface area contributed by atoms with Crippen LogP contribution in [0.3, 0.4) is 0 Å². The maximum absolute atomic E-state index is 11.2. The summed E-state index contributed by atoms with van der Waals surface area (Å²) in [5.41, 5.74) is 0.825. The Hall–Kier alpha value is -1.37. The van der Waals surface area contributed by atoms with E-state index < -0.39 is 0 Å². The average molecular weight is 249 g/mol. The SMILES string of the molecule is N#CC(c1ccccc1Cl)N1CCC(=O)CC1. The fraction of sp³-hybridized carbons (Fsp3) is 0.385. The molecule has 17 heavy (non-hydrogen) atoms. The van der Waals surface area contributed by atoms with Crippen molar-refractivity contribution >= 4 is 17.4 Å². The van der Waals surface area contributed by atoms with Gasteiger partial charge in [-0.25, -0.2) is 0 Å².